The van der Waals surface area contributed by atoms with E-state index in [4.69, 9.17) is 10.5 Å². The van der Waals surface area contributed by atoms with Gasteiger partial charge in [-0.15, -0.1) is 0 Å². The van der Waals surface area contributed by atoms with Gasteiger partial charge in [-0.3, -0.25) is 10.9 Å². The van der Waals surface area contributed by atoms with Gasteiger partial charge in [-0.2, -0.15) is 0 Å². The van der Waals surface area contributed by atoms with Gasteiger partial charge in [-0.25, -0.2) is 4.98 Å². The molecule has 2 aliphatic heterocycles. The number of likely N-dealkylation sites (tertiary alicyclic amines) is 1. The highest BCUT2D eigenvalue weighted by atomic mass is 16.5. The molecule has 6 heteroatoms. The quantitative estimate of drug-likeness (QED) is 0.640. The number of rotatable bonds is 7. The van der Waals surface area contributed by atoms with Gasteiger partial charge >= 0.3 is 0 Å². The highest BCUT2D eigenvalue weighted by molar-refractivity contribution is 5.35. The molecule has 3 heterocycles. The highest BCUT2D eigenvalue weighted by Gasteiger charge is 2.36. The van der Waals surface area contributed by atoms with Gasteiger partial charge in [-0.1, -0.05) is 18.2 Å². The number of hydrogen-bond acceptors (Lipinski definition) is 6. The van der Waals surface area contributed by atoms with Crippen molar-refractivity contribution < 1.29 is 4.74 Å². The lowest BCUT2D eigenvalue weighted by Crippen LogP contribution is -2.46. The third-order valence-corrected chi connectivity index (χ3v) is 5.94. The number of nitrogens with two attached hydrogens (primary N) is 1. The Morgan fingerprint density at radius 1 is 1.21 bits per heavy atom. The molecule has 2 aromatic rings. The summed E-state index contributed by atoms with van der Waals surface area (Å²) in [4.78, 5) is 6.74. The van der Waals surface area contributed by atoms with Gasteiger partial charge in [-0.05, 0) is 61.6 Å². The average Bonchev–Trinajstić information content (AvgIpc) is 3.22. The molecule has 0 radical (unpaired) electrons. The zero-order valence-corrected chi connectivity index (χ0v) is 16.4. The van der Waals surface area contributed by atoms with Crippen LogP contribution < -0.4 is 21.3 Å². The summed E-state index contributed by atoms with van der Waals surface area (Å²) in [5, 5.41) is 0. The molecule has 0 spiro atoms. The number of anilines is 1. The lowest BCUT2D eigenvalue weighted by atomic mass is 9.81. The molecule has 2 fully saturated rings. The summed E-state index contributed by atoms with van der Waals surface area (Å²) in [7, 11) is 0. The smallest absolute Gasteiger partial charge is 0.123 e. The van der Waals surface area contributed by atoms with E-state index in [1.54, 1.807) is 0 Å². The number of ether oxygens (including phenoxy) is 1. The molecule has 4 N–H and O–H groups in total. The Labute approximate surface area is 167 Å². The molecule has 0 bridgehead atoms. The maximum absolute atomic E-state index is 5.91. The van der Waals surface area contributed by atoms with E-state index >= 15 is 0 Å². The monoisotopic (exact) mass is 381 g/mol. The van der Waals surface area contributed by atoms with E-state index in [0.29, 0.717) is 23.7 Å². The molecule has 0 amide bonds. The van der Waals surface area contributed by atoms with E-state index < -0.39 is 0 Å². The van der Waals surface area contributed by atoms with Crippen LogP contribution in [-0.4, -0.2) is 48.7 Å². The summed E-state index contributed by atoms with van der Waals surface area (Å²) in [5.74, 6) is 2.64. The summed E-state index contributed by atoms with van der Waals surface area (Å²) < 4.78 is 5.84. The van der Waals surface area contributed by atoms with E-state index in [-0.39, 0.29) is 0 Å². The van der Waals surface area contributed by atoms with Gasteiger partial charge in [0, 0.05) is 37.8 Å². The van der Waals surface area contributed by atoms with Crippen LogP contribution in [0, 0.1) is 5.92 Å². The molecule has 6 nitrogen and oxygen atoms in total. The maximum Gasteiger partial charge on any atom is 0.123 e. The normalized spacial score (nSPS) is 25.6. The molecule has 1 aromatic carbocycles. The van der Waals surface area contributed by atoms with Crippen molar-refractivity contribution in [1.82, 2.24) is 20.7 Å². The molecular formula is C22H31N5O. The second-order valence-corrected chi connectivity index (χ2v) is 7.89. The Bertz CT molecular complexity index is 741. The number of nitrogen functional groups attached to an aromatic ring is 1. The van der Waals surface area contributed by atoms with Crippen LogP contribution >= 0.6 is 0 Å². The first-order valence-corrected chi connectivity index (χ1v) is 10.4. The third-order valence-electron chi connectivity index (χ3n) is 5.94. The van der Waals surface area contributed by atoms with Gasteiger partial charge in [0.2, 0.25) is 0 Å². The Kier molecular flexibility index (Phi) is 6.41. The summed E-state index contributed by atoms with van der Waals surface area (Å²) in [6.45, 7) is 5.13. The Hall–Kier alpha value is -2.15. The van der Waals surface area contributed by atoms with Crippen molar-refractivity contribution in [3.05, 3.63) is 54.2 Å². The number of pyridine rings is 1. The van der Waals surface area contributed by atoms with E-state index in [9.17, 15) is 0 Å². The van der Waals surface area contributed by atoms with Crippen LogP contribution in [0.3, 0.4) is 0 Å². The summed E-state index contributed by atoms with van der Waals surface area (Å²) in [5.41, 5.74) is 14.1. The number of para-hydroxylation sites is 1. The molecule has 3 unspecified atom stereocenters. The van der Waals surface area contributed by atoms with Crippen molar-refractivity contribution in [1.29, 1.82) is 0 Å². The molecule has 4 rings (SSSR count). The van der Waals surface area contributed by atoms with Crippen molar-refractivity contribution in [3.63, 3.8) is 0 Å². The molecule has 150 valence electrons. The number of hydrazine groups is 1. The van der Waals surface area contributed by atoms with Crippen molar-refractivity contribution in [3.8, 4) is 5.75 Å². The van der Waals surface area contributed by atoms with Crippen LogP contribution in [0.1, 0.15) is 30.7 Å². The van der Waals surface area contributed by atoms with Crippen molar-refractivity contribution in [2.45, 2.75) is 31.2 Å². The van der Waals surface area contributed by atoms with Gasteiger partial charge in [0.15, 0.2) is 0 Å². The predicted molar refractivity (Wildman–Crippen MR) is 112 cm³/mol. The lowest BCUT2D eigenvalue weighted by molar-refractivity contribution is 0.137. The van der Waals surface area contributed by atoms with Gasteiger partial charge in [0.1, 0.15) is 11.6 Å². The third kappa shape index (κ3) is 4.82. The molecule has 2 saturated heterocycles. The fourth-order valence-electron chi connectivity index (χ4n) is 4.56. The molecular weight excluding hydrogens is 350 g/mol. The Balaban J connectivity index is 1.28. The highest BCUT2D eigenvalue weighted by Crippen LogP contribution is 2.32. The number of nitrogens with zero attached hydrogens (tertiary/aromatic N) is 2. The second-order valence-electron chi connectivity index (χ2n) is 7.89. The molecule has 28 heavy (non-hydrogen) atoms. The number of nitrogens with one attached hydrogen (secondary N) is 2. The van der Waals surface area contributed by atoms with Crippen LogP contribution in [0.15, 0.2) is 48.7 Å². The minimum absolute atomic E-state index is 0.435. The number of aromatic nitrogens is 1. The number of benzene rings is 1. The van der Waals surface area contributed by atoms with Crippen molar-refractivity contribution in [2.75, 3.05) is 38.5 Å². The SMILES string of the molecule is Nc1cc(C2CNNC2C2CCCN(CCCOc3ccccc3)C2)ccn1. The average molecular weight is 382 g/mol. The van der Waals surface area contributed by atoms with Gasteiger partial charge in [0.05, 0.1) is 6.61 Å². The lowest BCUT2D eigenvalue weighted by Gasteiger charge is -2.37. The minimum Gasteiger partial charge on any atom is -0.494 e. The van der Waals surface area contributed by atoms with E-state index in [0.717, 1.165) is 38.4 Å². The fourth-order valence-corrected chi connectivity index (χ4v) is 4.56. The van der Waals surface area contributed by atoms with Crippen LogP contribution in [0.2, 0.25) is 0 Å². The van der Waals surface area contributed by atoms with Crippen molar-refractivity contribution >= 4 is 5.82 Å². The molecule has 0 saturated carbocycles. The Morgan fingerprint density at radius 2 is 2.11 bits per heavy atom. The number of hydrogen-bond donors (Lipinski definition) is 3. The number of piperidine rings is 1. The standard InChI is InChI=1S/C22H31N5O/c23-21-14-17(9-10-24-21)20-15-25-26-22(20)18-6-4-11-27(16-18)12-5-13-28-19-7-2-1-3-8-19/h1-3,7-10,14,18,20,22,25-26H,4-6,11-13,15-16H2,(H2,23,24). The minimum atomic E-state index is 0.435. The predicted octanol–water partition coefficient (Wildman–Crippen LogP) is 2.40. The van der Waals surface area contributed by atoms with Crippen LogP contribution in [0.25, 0.3) is 0 Å². The summed E-state index contributed by atoms with van der Waals surface area (Å²) in [6.07, 6.45) is 5.41. The van der Waals surface area contributed by atoms with E-state index in [1.165, 1.54) is 24.9 Å². The largest absolute Gasteiger partial charge is 0.494 e. The molecule has 3 atom stereocenters. The first-order chi connectivity index (χ1) is 13.8. The Morgan fingerprint density at radius 3 is 2.96 bits per heavy atom. The topological polar surface area (TPSA) is 75.4 Å². The summed E-state index contributed by atoms with van der Waals surface area (Å²) >= 11 is 0. The first kappa shape index (κ1) is 19.2. The van der Waals surface area contributed by atoms with Crippen LogP contribution in [-0.2, 0) is 0 Å². The molecule has 1 aromatic heterocycles. The molecule has 0 aliphatic carbocycles. The van der Waals surface area contributed by atoms with E-state index in [2.05, 4.69) is 26.8 Å². The molecule has 2 aliphatic rings. The second kappa shape index (κ2) is 9.37. The summed E-state index contributed by atoms with van der Waals surface area (Å²) in [6, 6.07) is 14.6. The zero-order valence-electron chi connectivity index (χ0n) is 16.4. The van der Waals surface area contributed by atoms with Gasteiger partial charge < -0.3 is 15.4 Å². The van der Waals surface area contributed by atoms with Crippen LogP contribution in [0.5, 0.6) is 5.75 Å². The van der Waals surface area contributed by atoms with Gasteiger partial charge in [0.25, 0.3) is 0 Å². The van der Waals surface area contributed by atoms with E-state index in [1.807, 2.05) is 42.6 Å². The maximum atomic E-state index is 5.91. The van der Waals surface area contributed by atoms with Crippen LogP contribution in [0.4, 0.5) is 5.82 Å². The zero-order chi connectivity index (χ0) is 19.2. The fraction of sp³-hybridized carbons (Fsp3) is 0.500. The van der Waals surface area contributed by atoms with Crippen molar-refractivity contribution in [2.24, 2.45) is 5.92 Å². The first-order valence-electron chi connectivity index (χ1n) is 10.4.